The minimum atomic E-state index is -0.703. The molecule has 1 aliphatic heterocycles. The summed E-state index contributed by atoms with van der Waals surface area (Å²) in [6.07, 6.45) is 1.83. The number of carbonyl (C=O) groups excluding carboxylic acids is 3. The van der Waals surface area contributed by atoms with Crippen molar-refractivity contribution in [1.82, 2.24) is 30.3 Å². The molecule has 0 saturated carbocycles. The zero-order valence-electron chi connectivity index (χ0n) is 26.2. The molecule has 0 aliphatic carbocycles. The van der Waals surface area contributed by atoms with Gasteiger partial charge >= 0.3 is 0 Å². The molecule has 2 N–H and O–H groups in total. The van der Waals surface area contributed by atoms with Crippen molar-refractivity contribution in [3.8, 4) is 0 Å². The maximum atomic E-state index is 14.0. The third kappa shape index (κ3) is 6.85. The molecule has 2 aromatic carbocycles. The van der Waals surface area contributed by atoms with Crippen molar-refractivity contribution >= 4 is 28.7 Å². The van der Waals surface area contributed by atoms with Gasteiger partial charge in [0.1, 0.15) is 23.3 Å². The van der Waals surface area contributed by atoms with E-state index in [0.29, 0.717) is 55.5 Å². The van der Waals surface area contributed by atoms with Crippen molar-refractivity contribution in [3.05, 3.63) is 82.6 Å². The van der Waals surface area contributed by atoms with Crippen LogP contribution < -0.4 is 10.6 Å². The number of hydrogen-bond acceptors (Lipinski definition) is 6. The third-order valence-electron chi connectivity index (χ3n) is 8.52. The van der Waals surface area contributed by atoms with Crippen molar-refractivity contribution in [2.24, 2.45) is 5.92 Å². The molecule has 10 nitrogen and oxygen atoms in total. The van der Waals surface area contributed by atoms with Gasteiger partial charge in [0.15, 0.2) is 5.76 Å². The largest absolute Gasteiger partial charge is 0.451 e. The highest BCUT2D eigenvalue weighted by Crippen LogP contribution is 2.27. The van der Waals surface area contributed by atoms with Crippen LogP contribution in [0.3, 0.4) is 0 Å². The fourth-order valence-electron chi connectivity index (χ4n) is 5.80. The van der Waals surface area contributed by atoms with Crippen molar-refractivity contribution in [2.75, 3.05) is 13.1 Å². The van der Waals surface area contributed by atoms with E-state index in [1.165, 1.54) is 0 Å². The molecule has 0 spiro atoms. The lowest BCUT2D eigenvalue weighted by atomic mass is 9.97. The van der Waals surface area contributed by atoms with Crippen LogP contribution in [-0.4, -0.2) is 56.5 Å². The molecule has 0 saturated heterocycles. The average molecular weight is 599 g/mol. The first-order valence-electron chi connectivity index (χ1n) is 15.5. The van der Waals surface area contributed by atoms with Crippen molar-refractivity contribution in [2.45, 2.75) is 78.9 Å². The van der Waals surface area contributed by atoms with Gasteiger partial charge in [-0.05, 0) is 56.7 Å². The SMILES string of the molecule is CC[C@H](C)[C@@H]1NC(=O)CCCN(C(=O)c2oc3cc(C)ccc3c2C)CCn2nc(C)nc2[C@H](Cc2ccccc2)NC1=O. The van der Waals surface area contributed by atoms with Crippen LogP contribution in [0.1, 0.15) is 78.0 Å². The molecule has 1 aliphatic rings. The number of carbonyl (C=O) groups is 3. The molecule has 0 fully saturated rings. The Morgan fingerprint density at radius 2 is 1.82 bits per heavy atom. The molecule has 3 atom stereocenters. The van der Waals surface area contributed by atoms with Crippen LogP contribution in [0.25, 0.3) is 11.0 Å². The fourth-order valence-corrected chi connectivity index (χ4v) is 5.80. The van der Waals surface area contributed by atoms with E-state index in [4.69, 9.17) is 9.40 Å². The lowest BCUT2D eigenvalue weighted by Gasteiger charge is -2.28. The molecule has 44 heavy (non-hydrogen) atoms. The van der Waals surface area contributed by atoms with Crippen LogP contribution in [0, 0.1) is 26.7 Å². The number of aryl methyl sites for hydroxylation is 3. The van der Waals surface area contributed by atoms with Crippen LogP contribution in [0.4, 0.5) is 0 Å². The molecule has 4 aromatic rings. The van der Waals surface area contributed by atoms with Gasteiger partial charge in [0.2, 0.25) is 11.8 Å². The van der Waals surface area contributed by atoms with Gasteiger partial charge in [0.25, 0.3) is 5.91 Å². The maximum Gasteiger partial charge on any atom is 0.289 e. The summed E-state index contributed by atoms with van der Waals surface area (Å²) in [7, 11) is 0. The third-order valence-corrected chi connectivity index (χ3v) is 8.52. The summed E-state index contributed by atoms with van der Waals surface area (Å²) >= 11 is 0. The zero-order chi connectivity index (χ0) is 31.4. The van der Waals surface area contributed by atoms with E-state index >= 15 is 0 Å². The first-order chi connectivity index (χ1) is 21.1. The molecule has 3 heterocycles. The van der Waals surface area contributed by atoms with E-state index in [9.17, 15) is 14.4 Å². The number of rotatable bonds is 5. The summed E-state index contributed by atoms with van der Waals surface area (Å²) in [6, 6.07) is 14.6. The van der Waals surface area contributed by atoms with E-state index in [-0.39, 0.29) is 30.1 Å². The first-order valence-corrected chi connectivity index (χ1v) is 15.5. The highest BCUT2D eigenvalue weighted by molar-refractivity contribution is 5.99. The predicted octanol–water partition coefficient (Wildman–Crippen LogP) is 4.82. The second-order valence-corrected chi connectivity index (χ2v) is 11.9. The molecular formula is C34H42N6O4. The second-order valence-electron chi connectivity index (χ2n) is 11.9. The van der Waals surface area contributed by atoms with Crippen LogP contribution in [0.15, 0.2) is 52.9 Å². The van der Waals surface area contributed by atoms with E-state index < -0.39 is 12.1 Å². The summed E-state index contributed by atoms with van der Waals surface area (Å²) in [6.45, 7) is 10.7. The molecule has 10 heteroatoms. The number of nitrogens with zero attached hydrogens (tertiary/aromatic N) is 4. The maximum absolute atomic E-state index is 14.0. The number of nitrogens with one attached hydrogen (secondary N) is 2. The topological polar surface area (TPSA) is 122 Å². The summed E-state index contributed by atoms with van der Waals surface area (Å²) < 4.78 is 7.89. The number of benzene rings is 2. The Morgan fingerprint density at radius 3 is 2.57 bits per heavy atom. The molecular weight excluding hydrogens is 556 g/mol. The summed E-state index contributed by atoms with van der Waals surface area (Å²) in [5, 5.41) is 11.7. The Bertz CT molecular complexity index is 1640. The highest BCUT2D eigenvalue weighted by atomic mass is 16.3. The number of hydrogen-bond donors (Lipinski definition) is 2. The number of aromatic nitrogens is 3. The Labute approximate surface area is 258 Å². The van der Waals surface area contributed by atoms with Gasteiger partial charge < -0.3 is 20.0 Å². The minimum absolute atomic E-state index is 0.0818. The minimum Gasteiger partial charge on any atom is -0.451 e. The summed E-state index contributed by atoms with van der Waals surface area (Å²) in [5.74, 6) is 0.709. The van der Waals surface area contributed by atoms with Gasteiger partial charge in [0, 0.05) is 30.5 Å². The molecule has 3 amide bonds. The van der Waals surface area contributed by atoms with E-state index in [1.54, 1.807) is 9.58 Å². The van der Waals surface area contributed by atoms with Crippen molar-refractivity contribution in [3.63, 3.8) is 0 Å². The number of fused-ring (bicyclic) bond motifs is 2. The molecule has 2 aromatic heterocycles. The molecule has 0 unspecified atom stereocenters. The van der Waals surface area contributed by atoms with Gasteiger partial charge in [0.05, 0.1) is 12.6 Å². The van der Waals surface area contributed by atoms with Gasteiger partial charge in [-0.3, -0.25) is 14.4 Å². The zero-order valence-corrected chi connectivity index (χ0v) is 26.2. The van der Waals surface area contributed by atoms with Crippen molar-refractivity contribution in [1.29, 1.82) is 0 Å². The summed E-state index contributed by atoms with van der Waals surface area (Å²) in [5.41, 5.74) is 3.55. The lowest BCUT2D eigenvalue weighted by Crippen LogP contribution is -2.51. The lowest BCUT2D eigenvalue weighted by molar-refractivity contribution is -0.130. The number of furan rings is 1. The summed E-state index contributed by atoms with van der Waals surface area (Å²) in [4.78, 5) is 47.3. The van der Waals surface area contributed by atoms with Gasteiger partial charge in [-0.25, -0.2) is 9.67 Å². The first kappa shape index (κ1) is 31.0. The van der Waals surface area contributed by atoms with Crippen LogP contribution in [0.2, 0.25) is 0 Å². The Morgan fingerprint density at radius 1 is 1.05 bits per heavy atom. The Kier molecular flexibility index (Phi) is 9.46. The van der Waals surface area contributed by atoms with Crippen LogP contribution in [-0.2, 0) is 22.6 Å². The molecule has 5 rings (SSSR count). The van der Waals surface area contributed by atoms with E-state index in [1.807, 2.05) is 83.1 Å². The molecule has 0 radical (unpaired) electrons. The van der Waals surface area contributed by atoms with Gasteiger partial charge in [-0.1, -0.05) is 62.7 Å². The average Bonchev–Trinajstić information content (AvgIpc) is 3.54. The van der Waals surface area contributed by atoms with E-state index in [0.717, 1.165) is 28.5 Å². The van der Waals surface area contributed by atoms with Gasteiger partial charge in [-0.15, -0.1) is 0 Å². The quantitative estimate of drug-likeness (QED) is 0.340. The van der Waals surface area contributed by atoms with Crippen LogP contribution >= 0.6 is 0 Å². The number of amides is 3. The van der Waals surface area contributed by atoms with Gasteiger partial charge in [-0.2, -0.15) is 5.10 Å². The predicted molar refractivity (Wildman–Crippen MR) is 168 cm³/mol. The highest BCUT2D eigenvalue weighted by Gasteiger charge is 2.31. The second kappa shape index (κ2) is 13.4. The standard InChI is InChI=1S/C34H42N6O4/c1-6-22(3)30-33(42)36-27(20-25-11-8-7-9-12-25)32-35-24(5)38-40(32)18-17-39(16-10-13-29(41)37-30)34(43)31-23(4)26-15-14-21(2)19-28(26)44-31/h7-9,11-12,14-15,19,22,27,30H,6,10,13,16-18,20H2,1-5H3,(H,36,42)(H,37,41)/t22-,27-,30-/m0/s1. The Hall–Kier alpha value is -4.47. The smallest absolute Gasteiger partial charge is 0.289 e. The van der Waals surface area contributed by atoms with Crippen molar-refractivity contribution < 1.29 is 18.8 Å². The molecule has 232 valence electrons. The Balaban J connectivity index is 1.51. The normalized spacial score (nSPS) is 19.2. The van der Waals surface area contributed by atoms with Crippen LogP contribution in [0.5, 0.6) is 0 Å². The molecule has 0 bridgehead atoms. The monoisotopic (exact) mass is 598 g/mol. The fraction of sp³-hybridized carbons (Fsp3) is 0.441. The van der Waals surface area contributed by atoms with E-state index in [2.05, 4.69) is 15.7 Å².